The summed E-state index contributed by atoms with van der Waals surface area (Å²) < 4.78 is 0. The molecule has 3 heterocycles. The number of aliphatic hydroxyl groups is 1. The number of hydrogen-bond acceptors (Lipinski definition) is 4. The molecule has 0 spiro atoms. The van der Waals surface area contributed by atoms with Gasteiger partial charge in [-0.25, -0.2) is 0 Å². The molecule has 2 aliphatic heterocycles. The van der Waals surface area contributed by atoms with Crippen molar-refractivity contribution in [2.45, 2.75) is 31.9 Å². The number of aromatic amines is 1. The lowest BCUT2D eigenvalue weighted by Crippen LogP contribution is -2.42. The summed E-state index contributed by atoms with van der Waals surface area (Å²) in [6, 6.07) is 10.4. The summed E-state index contributed by atoms with van der Waals surface area (Å²) >= 11 is 0. The lowest BCUT2D eigenvalue weighted by Gasteiger charge is -2.33. The number of benzene rings is 1. The van der Waals surface area contributed by atoms with E-state index in [0.29, 0.717) is 5.92 Å². The molecular formula is C19H26N4O. The predicted octanol–water partition coefficient (Wildman–Crippen LogP) is 1.80. The van der Waals surface area contributed by atoms with Gasteiger partial charge in [0.2, 0.25) is 0 Å². The topological polar surface area (TPSA) is 64.2 Å². The third kappa shape index (κ3) is 3.24. The van der Waals surface area contributed by atoms with Gasteiger partial charge in [0.25, 0.3) is 0 Å². The number of β-amino-alcohol motifs (C(OH)–C–C–N with tert-alkyl or cyclic N) is 1. The van der Waals surface area contributed by atoms with Crippen molar-refractivity contribution in [2.75, 3.05) is 26.2 Å². The normalized spacial score (nSPS) is 20.7. The van der Waals surface area contributed by atoms with Crippen molar-refractivity contribution >= 4 is 0 Å². The minimum atomic E-state index is -0.222. The number of aliphatic hydroxyl groups excluding tert-OH is 1. The smallest absolute Gasteiger partial charge is 0.0968 e. The lowest BCUT2D eigenvalue weighted by molar-refractivity contribution is 0.0463. The van der Waals surface area contributed by atoms with Gasteiger partial charge in [0, 0.05) is 42.9 Å². The first-order valence-electron chi connectivity index (χ1n) is 9.04. The quantitative estimate of drug-likeness (QED) is 0.802. The fraction of sp³-hybridized carbons (Fsp3) is 0.526. The number of aromatic nitrogens is 2. The Kier molecular flexibility index (Phi) is 4.65. The number of H-pyrrole nitrogens is 1. The first-order chi connectivity index (χ1) is 11.8. The molecule has 5 heteroatoms. The van der Waals surface area contributed by atoms with Crippen LogP contribution in [0.4, 0.5) is 0 Å². The summed E-state index contributed by atoms with van der Waals surface area (Å²) in [5.41, 5.74) is 4.77. The minimum absolute atomic E-state index is 0.222. The Labute approximate surface area is 143 Å². The second-order valence-electron chi connectivity index (χ2n) is 7.04. The fourth-order valence-corrected chi connectivity index (χ4v) is 3.98. The zero-order valence-electron chi connectivity index (χ0n) is 14.0. The van der Waals surface area contributed by atoms with E-state index in [1.54, 1.807) is 0 Å². The summed E-state index contributed by atoms with van der Waals surface area (Å²) in [6.45, 7) is 4.70. The van der Waals surface area contributed by atoms with Crippen molar-refractivity contribution in [1.29, 1.82) is 0 Å². The van der Waals surface area contributed by atoms with Gasteiger partial charge in [-0.15, -0.1) is 0 Å². The van der Waals surface area contributed by atoms with E-state index >= 15 is 0 Å². The average molecular weight is 326 g/mol. The molecule has 0 saturated carbocycles. The molecule has 0 amide bonds. The van der Waals surface area contributed by atoms with Gasteiger partial charge in [-0.05, 0) is 31.8 Å². The van der Waals surface area contributed by atoms with Gasteiger partial charge >= 0.3 is 0 Å². The first-order valence-corrected chi connectivity index (χ1v) is 9.04. The Hall–Kier alpha value is -1.69. The van der Waals surface area contributed by atoms with Crippen LogP contribution in [0.1, 0.15) is 24.1 Å². The summed E-state index contributed by atoms with van der Waals surface area (Å²) in [5, 5.41) is 21.8. The van der Waals surface area contributed by atoms with Gasteiger partial charge < -0.3 is 10.4 Å². The highest BCUT2D eigenvalue weighted by atomic mass is 16.3. The molecule has 1 atom stereocenters. The van der Waals surface area contributed by atoms with Gasteiger partial charge in [-0.3, -0.25) is 10.00 Å². The van der Waals surface area contributed by atoms with E-state index in [9.17, 15) is 5.11 Å². The van der Waals surface area contributed by atoms with Gasteiger partial charge in [-0.1, -0.05) is 30.3 Å². The largest absolute Gasteiger partial charge is 0.392 e. The van der Waals surface area contributed by atoms with Crippen molar-refractivity contribution in [3.05, 3.63) is 41.6 Å². The van der Waals surface area contributed by atoms with Gasteiger partial charge in [0.05, 0.1) is 11.8 Å². The monoisotopic (exact) mass is 326 g/mol. The summed E-state index contributed by atoms with van der Waals surface area (Å²) in [4.78, 5) is 2.39. The molecule has 128 valence electrons. The lowest BCUT2D eigenvalue weighted by atomic mass is 9.91. The molecule has 1 aromatic heterocycles. The van der Waals surface area contributed by atoms with Crippen LogP contribution in [0, 0.1) is 5.92 Å². The summed E-state index contributed by atoms with van der Waals surface area (Å²) in [6.07, 6.45) is 2.93. The summed E-state index contributed by atoms with van der Waals surface area (Å²) in [7, 11) is 0. The van der Waals surface area contributed by atoms with Crippen molar-refractivity contribution in [3.63, 3.8) is 0 Å². The molecule has 3 N–H and O–H groups in total. The molecule has 0 aliphatic carbocycles. The number of hydrogen-bond donors (Lipinski definition) is 3. The van der Waals surface area contributed by atoms with Crippen molar-refractivity contribution in [1.82, 2.24) is 20.4 Å². The van der Waals surface area contributed by atoms with E-state index in [2.05, 4.69) is 44.7 Å². The molecule has 0 radical (unpaired) electrons. The van der Waals surface area contributed by atoms with E-state index in [1.165, 1.54) is 11.3 Å². The fourth-order valence-electron chi connectivity index (χ4n) is 3.98. The Morgan fingerprint density at radius 3 is 2.79 bits per heavy atom. The maximum atomic E-state index is 10.6. The Balaban J connectivity index is 1.46. The van der Waals surface area contributed by atoms with Crippen molar-refractivity contribution in [2.24, 2.45) is 5.92 Å². The van der Waals surface area contributed by atoms with Crippen LogP contribution < -0.4 is 5.32 Å². The number of nitrogens with zero attached hydrogens (tertiary/aromatic N) is 2. The van der Waals surface area contributed by atoms with Crippen LogP contribution in [0.3, 0.4) is 0 Å². The highest BCUT2D eigenvalue weighted by Crippen LogP contribution is 2.28. The second kappa shape index (κ2) is 7.05. The SMILES string of the molecule is OC(CN1CCc2[nH]nc(-c3ccccc3)c2C1)C1CCNCC1. The molecule has 1 aromatic carbocycles. The molecule has 5 nitrogen and oxygen atoms in total. The first kappa shape index (κ1) is 15.8. The average Bonchev–Trinajstić information content (AvgIpc) is 3.06. The molecule has 1 fully saturated rings. The number of rotatable bonds is 4. The molecule has 24 heavy (non-hydrogen) atoms. The second-order valence-corrected chi connectivity index (χ2v) is 7.04. The molecule has 4 rings (SSSR count). The molecule has 1 unspecified atom stereocenters. The molecule has 2 aliphatic rings. The highest BCUT2D eigenvalue weighted by molar-refractivity contribution is 5.64. The zero-order chi connectivity index (χ0) is 16.4. The van der Waals surface area contributed by atoms with Crippen LogP contribution in [0.25, 0.3) is 11.3 Å². The van der Waals surface area contributed by atoms with Crippen molar-refractivity contribution in [3.8, 4) is 11.3 Å². The van der Waals surface area contributed by atoms with Crippen molar-refractivity contribution < 1.29 is 5.11 Å². The molecule has 2 aromatic rings. The minimum Gasteiger partial charge on any atom is -0.392 e. The maximum Gasteiger partial charge on any atom is 0.0968 e. The number of piperidine rings is 1. The van der Waals surface area contributed by atoms with Gasteiger partial charge in [0.1, 0.15) is 0 Å². The van der Waals surface area contributed by atoms with Gasteiger partial charge in [0.15, 0.2) is 0 Å². The Morgan fingerprint density at radius 1 is 1.21 bits per heavy atom. The van der Waals surface area contributed by atoms with E-state index in [1.807, 2.05) is 6.07 Å². The molecule has 1 saturated heterocycles. The van der Waals surface area contributed by atoms with E-state index in [4.69, 9.17) is 0 Å². The van der Waals surface area contributed by atoms with Gasteiger partial charge in [-0.2, -0.15) is 5.10 Å². The third-order valence-corrected chi connectivity index (χ3v) is 5.43. The standard InChI is InChI=1S/C19H26N4O/c24-18(14-6-9-20-10-7-14)13-23-11-8-17-16(12-23)19(22-21-17)15-4-2-1-3-5-15/h1-5,14,18,20,24H,6-13H2,(H,21,22). The highest BCUT2D eigenvalue weighted by Gasteiger charge is 2.27. The van der Waals surface area contributed by atoms with E-state index in [0.717, 1.165) is 63.2 Å². The number of nitrogens with one attached hydrogen (secondary N) is 2. The Morgan fingerprint density at radius 2 is 2.00 bits per heavy atom. The zero-order valence-corrected chi connectivity index (χ0v) is 14.0. The van der Waals surface area contributed by atoms with Crippen LogP contribution in [-0.4, -0.2) is 52.5 Å². The molecule has 0 bridgehead atoms. The Bertz CT molecular complexity index is 663. The maximum absolute atomic E-state index is 10.6. The van der Waals surface area contributed by atoms with E-state index < -0.39 is 0 Å². The van der Waals surface area contributed by atoms with Crippen LogP contribution in [-0.2, 0) is 13.0 Å². The number of fused-ring (bicyclic) bond motifs is 1. The van der Waals surface area contributed by atoms with Crippen LogP contribution in [0.5, 0.6) is 0 Å². The van der Waals surface area contributed by atoms with Crippen LogP contribution in [0.2, 0.25) is 0 Å². The summed E-state index contributed by atoms with van der Waals surface area (Å²) in [5.74, 6) is 0.436. The van der Waals surface area contributed by atoms with Crippen LogP contribution >= 0.6 is 0 Å². The third-order valence-electron chi connectivity index (χ3n) is 5.43. The van der Waals surface area contributed by atoms with Crippen LogP contribution in [0.15, 0.2) is 30.3 Å². The molecular weight excluding hydrogens is 300 g/mol. The van der Waals surface area contributed by atoms with E-state index in [-0.39, 0.29) is 6.10 Å². The predicted molar refractivity (Wildman–Crippen MR) is 94.6 cm³/mol.